The number of amides is 1. The van der Waals surface area contributed by atoms with Crippen LogP contribution >= 0.6 is 0 Å². The molecular weight excluding hydrogens is 234 g/mol. The molecule has 0 spiro atoms. The molecule has 1 rings (SSSR count). The van der Waals surface area contributed by atoms with Crippen molar-refractivity contribution in [3.8, 4) is 0 Å². The third kappa shape index (κ3) is 3.62. The van der Waals surface area contributed by atoms with E-state index in [4.69, 9.17) is 9.47 Å². The van der Waals surface area contributed by atoms with Gasteiger partial charge in [0.15, 0.2) is 0 Å². The first-order chi connectivity index (χ1) is 8.18. The van der Waals surface area contributed by atoms with Gasteiger partial charge in [0.25, 0.3) is 0 Å². The van der Waals surface area contributed by atoms with Crippen molar-refractivity contribution in [2.45, 2.75) is 46.1 Å². The maximum atomic E-state index is 12.0. The van der Waals surface area contributed by atoms with Crippen molar-refractivity contribution in [3.05, 3.63) is 0 Å². The quantitative estimate of drug-likeness (QED) is 0.676. The number of esters is 1. The highest BCUT2D eigenvalue weighted by molar-refractivity contribution is 5.78. The fourth-order valence-corrected chi connectivity index (χ4v) is 2.13. The molecule has 18 heavy (non-hydrogen) atoms. The minimum Gasteiger partial charge on any atom is -0.469 e. The number of rotatable bonds is 1. The van der Waals surface area contributed by atoms with Crippen LogP contribution in [0.15, 0.2) is 0 Å². The number of piperidine rings is 1. The van der Waals surface area contributed by atoms with Crippen molar-refractivity contribution in [1.82, 2.24) is 4.90 Å². The molecule has 1 aliphatic rings. The van der Waals surface area contributed by atoms with Crippen LogP contribution < -0.4 is 0 Å². The van der Waals surface area contributed by atoms with Crippen LogP contribution in [-0.4, -0.2) is 42.8 Å². The summed E-state index contributed by atoms with van der Waals surface area (Å²) in [5, 5.41) is 0. The van der Waals surface area contributed by atoms with Gasteiger partial charge in [0, 0.05) is 13.1 Å². The Balaban J connectivity index is 2.69. The number of hydrogen-bond donors (Lipinski definition) is 0. The van der Waals surface area contributed by atoms with Gasteiger partial charge in [-0.05, 0) is 40.5 Å². The lowest BCUT2D eigenvalue weighted by Gasteiger charge is -2.38. The lowest BCUT2D eigenvalue weighted by atomic mass is 9.82. The van der Waals surface area contributed by atoms with Gasteiger partial charge in [0.2, 0.25) is 0 Å². The van der Waals surface area contributed by atoms with E-state index >= 15 is 0 Å². The summed E-state index contributed by atoms with van der Waals surface area (Å²) >= 11 is 0. The van der Waals surface area contributed by atoms with Crippen LogP contribution in [0.1, 0.15) is 40.5 Å². The minimum atomic E-state index is -0.621. The molecule has 0 N–H and O–H groups in total. The third-order valence-corrected chi connectivity index (χ3v) is 3.03. The van der Waals surface area contributed by atoms with Crippen LogP contribution in [0.5, 0.6) is 0 Å². The molecule has 1 aliphatic heterocycles. The highest BCUT2D eigenvalue weighted by Gasteiger charge is 2.41. The van der Waals surface area contributed by atoms with Gasteiger partial charge in [0.1, 0.15) is 5.60 Å². The van der Waals surface area contributed by atoms with Gasteiger partial charge >= 0.3 is 12.1 Å². The van der Waals surface area contributed by atoms with Crippen LogP contribution in [0.25, 0.3) is 0 Å². The first-order valence-electron chi connectivity index (χ1n) is 6.24. The molecular formula is C13H23NO4. The summed E-state index contributed by atoms with van der Waals surface area (Å²) in [7, 11) is 1.38. The monoisotopic (exact) mass is 257 g/mol. The molecule has 0 aromatic carbocycles. The van der Waals surface area contributed by atoms with Gasteiger partial charge in [-0.25, -0.2) is 4.79 Å². The minimum absolute atomic E-state index is 0.268. The molecule has 1 heterocycles. The molecule has 0 unspecified atom stereocenters. The Labute approximate surface area is 108 Å². The SMILES string of the molecule is COC(=O)[C@]1(C)CCCN(C(=O)OC(C)(C)C)C1. The van der Waals surface area contributed by atoms with E-state index in [1.165, 1.54) is 7.11 Å². The predicted molar refractivity (Wildman–Crippen MR) is 67.2 cm³/mol. The molecule has 0 bridgehead atoms. The van der Waals surface area contributed by atoms with Gasteiger partial charge in [-0.15, -0.1) is 0 Å². The van der Waals surface area contributed by atoms with Crippen LogP contribution in [0, 0.1) is 5.41 Å². The van der Waals surface area contributed by atoms with Gasteiger partial charge < -0.3 is 14.4 Å². The van der Waals surface area contributed by atoms with Crippen molar-refractivity contribution < 1.29 is 19.1 Å². The van der Waals surface area contributed by atoms with E-state index in [1.807, 2.05) is 27.7 Å². The van der Waals surface area contributed by atoms with Crippen LogP contribution in [0.4, 0.5) is 4.79 Å². The topological polar surface area (TPSA) is 55.8 Å². The second-order valence-electron chi connectivity index (χ2n) is 6.06. The number of hydrogen-bond acceptors (Lipinski definition) is 4. The molecule has 1 amide bonds. The molecule has 1 saturated heterocycles. The number of carbonyl (C=O) groups is 2. The Hall–Kier alpha value is -1.26. The van der Waals surface area contributed by atoms with Crippen LogP contribution in [0.3, 0.4) is 0 Å². The Morgan fingerprint density at radius 1 is 1.28 bits per heavy atom. The summed E-state index contributed by atoms with van der Waals surface area (Å²) in [6, 6.07) is 0. The smallest absolute Gasteiger partial charge is 0.410 e. The Kier molecular flexibility index (Phi) is 4.24. The summed E-state index contributed by atoms with van der Waals surface area (Å²) in [6.45, 7) is 8.29. The van der Waals surface area contributed by atoms with E-state index in [9.17, 15) is 9.59 Å². The maximum Gasteiger partial charge on any atom is 0.410 e. The average molecular weight is 257 g/mol. The molecule has 0 aliphatic carbocycles. The Morgan fingerprint density at radius 2 is 1.89 bits per heavy atom. The summed E-state index contributed by atoms with van der Waals surface area (Å²) in [5.74, 6) is -0.268. The normalized spacial score (nSPS) is 24.6. The zero-order valence-corrected chi connectivity index (χ0v) is 11.9. The molecule has 1 atom stereocenters. The lowest BCUT2D eigenvalue weighted by Crippen LogP contribution is -2.50. The summed E-state index contributed by atoms with van der Waals surface area (Å²) in [6.07, 6.45) is 1.15. The Bertz CT molecular complexity index is 334. The van der Waals surface area contributed by atoms with E-state index in [-0.39, 0.29) is 12.1 Å². The lowest BCUT2D eigenvalue weighted by molar-refractivity contribution is -0.154. The van der Waals surface area contributed by atoms with E-state index in [2.05, 4.69) is 0 Å². The Morgan fingerprint density at radius 3 is 2.39 bits per heavy atom. The number of ether oxygens (including phenoxy) is 2. The number of nitrogens with zero attached hydrogens (tertiary/aromatic N) is 1. The maximum absolute atomic E-state index is 12.0. The van der Waals surface area contributed by atoms with Gasteiger partial charge in [-0.2, -0.15) is 0 Å². The predicted octanol–water partition coefficient (Wildman–Crippen LogP) is 2.20. The number of methoxy groups -OCH3 is 1. The van der Waals surface area contributed by atoms with Crippen molar-refractivity contribution in [3.63, 3.8) is 0 Å². The highest BCUT2D eigenvalue weighted by atomic mass is 16.6. The fraction of sp³-hybridized carbons (Fsp3) is 0.846. The van der Waals surface area contributed by atoms with Crippen molar-refractivity contribution in [2.24, 2.45) is 5.41 Å². The molecule has 0 radical (unpaired) electrons. The summed E-state index contributed by atoms with van der Waals surface area (Å²) < 4.78 is 10.1. The molecule has 104 valence electrons. The average Bonchev–Trinajstić information content (AvgIpc) is 2.25. The molecule has 5 nitrogen and oxygen atoms in total. The second-order valence-corrected chi connectivity index (χ2v) is 6.06. The van der Waals surface area contributed by atoms with Crippen molar-refractivity contribution in [2.75, 3.05) is 20.2 Å². The van der Waals surface area contributed by atoms with Gasteiger partial charge in [0.05, 0.1) is 12.5 Å². The zero-order valence-electron chi connectivity index (χ0n) is 11.9. The van der Waals surface area contributed by atoms with Gasteiger partial charge in [-0.3, -0.25) is 4.79 Å². The summed E-state index contributed by atoms with van der Waals surface area (Å²) in [5.41, 5.74) is -1.14. The van der Waals surface area contributed by atoms with Gasteiger partial charge in [-0.1, -0.05) is 0 Å². The number of carbonyl (C=O) groups excluding carboxylic acids is 2. The molecule has 5 heteroatoms. The number of likely N-dealkylation sites (tertiary alicyclic amines) is 1. The van der Waals surface area contributed by atoms with Crippen LogP contribution in [-0.2, 0) is 14.3 Å². The fourth-order valence-electron chi connectivity index (χ4n) is 2.13. The molecule has 0 aromatic heterocycles. The van der Waals surface area contributed by atoms with Crippen LogP contribution in [0.2, 0.25) is 0 Å². The van der Waals surface area contributed by atoms with E-state index in [0.717, 1.165) is 12.8 Å². The van der Waals surface area contributed by atoms with Crippen molar-refractivity contribution in [1.29, 1.82) is 0 Å². The van der Waals surface area contributed by atoms with E-state index < -0.39 is 11.0 Å². The summed E-state index contributed by atoms with van der Waals surface area (Å²) in [4.78, 5) is 25.3. The molecule has 0 aromatic rings. The first-order valence-corrected chi connectivity index (χ1v) is 6.24. The van der Waals surface area contributed by atoms with E-state index in [0.29, 0.717) is 13.1 Å². The zero-order chi connectivity index (χ0) is 14.0. The second kappa shape index (κ2) is 5.16. The van der Waals surface area contributed by atoms with E-state index in [1.54, 1.807) is 4.90 Å². The first kappa shape index (κ1) is 14.8. The molecule has 1 fully saturated rings. The largest absolute Gasteiger partial charge is 0.469 e. The standard InChI is InChI=1S/C13H23NO4/c1-12(2,3)18-11(16)14-8-6-7-13(4,9-14)10(15)17-5/h6-9H2,1-5H3/t13-/m1/s1. The molecule has 0 saturated carbocycles. The highest BCUT2D eigenvalue weighted by Crippen LogP contribution is 2.31. The van der Waals surface area contributed by atoms with Crippen molar-refractivity contribution >= 4 is 12.1 Å². The third-order valence-electron chi connectivity index (χ3n) is 3.03.